The molecule has 122 valence electrons. The van der Waals surface area contributed by atoms with E-state index in [1.54, 1.807) is 7.11 Å². The summed E-state index contributed by atoms with van der Waals surface area (Å²) < 4.78 is 9.19. The number of carbonyl (C=O) groups excluding carboxylic acids is 1. The Hall–Kier alpha value is -2.73. The van der Waals surface area contributed by atoms with Crippen LogP contribution in [0, 0.1) is 13.8 Å². The minimum atomic E-state index is -0.208. The van der Waals surface area contributed by atoms with E-state index < -0.39 is 0 Å². The van der Waals surface area contributed by atoms with Crippen LogP contribution < -0.4 is 10.1 Å². The molecule has 6 heteroatoms. The first kappa shape index (κ1) is 16.1. The second-order valence-corrected chi connectivity index (χ2v) is 6.16. The smallest absolute Gasteiger partial charge is 0.269 e. The van der Waals surface area contributed by atoms with Crippen LogP contribution in [0.15, 0.2) is 42.5 Å². The molecule has 0 saturated heterocycles. The predicted octanol–water partition coefficient (Wildman–Crippen LogP) is 4.08. The van der Waals surface area contributed by atoms with Gasteiger partial charge in [0.05, 0.1) is 7.11 Å². The second-order valence-electron chi connectivity index (χ2n) is 5.40. The monoisotopic (exact) mass is 339 g/mol. The van der Waals surface area contributed by atoms with E-state index in [9.17, 15) is 4.79 Å². The number of aryl methyl sites for hydroxylation is 2. The van der Waals surface area contributed by atoms with Crippen LogP contribution in [0.5, 0.6) is 5.75 Å². The van der Waals surface area contributed by atoms with E-state index in [0.717, 1.165) is 33.9 Å². The van der Waals surface area contributed by atoms with Crippen LogP contribution in [0.3, 0.4) is 0 Å². The number of rotatable bonds is 4. The van der Waals surface area contributed by atoms with Gasteiger partial charge in [-0.2, -0.15) is 0 Å². The molecule has 0 unspecified atom stereocenters. The summed E-state index contributed by atoms with van der Waals surface area (Å²) in [7, 11) is 1.60. The summed E-state index contributed by atoms with van der Waals surface area (Å²) in [6.45, 7) is 3.94. The first-order valence-corrected chi connectivity index (χ1v) is 8.22. The highest BCUT2D eigenvalue weighted by atomic mass is 32.1. The second kappa shape index (κ2) is 6.80. The van der Waals surface area contributed by atoms with Crippen LogP contribution in [0.4, 0.5) is 5.69 Å². The SMILES string of the molecule is COc1cccc(-c2nnsc2C(=O)Nc2c(C)cccc2C)c1. The lowest BCUT2D eigenvalue weighted by Crippen LogP contribution is -2.13. The van der Waals surface area contributed by atoms with Crippen molar-refractivity contribution in [2.45, 2.75) is 13.8 Å². The lowest BCUT2D eigenvalue weighted by molar-refractivity contribution is 0.103. The van der Waals surface area contributed by atoms with Crippen molar-refractivity contribution >= 4 is 23.1 Å². The molecule has 0 aliphatic carbocycles. The quantitative estimate of drug-likeness (QED) is 0.778. The van der Waals surface area contributed by atoms with E-state index in [1.165, 1.54) is 0 Å². The minimum absolute atomic E-state index is 0.208. The summed E-state index contributed by atoms with van der Waals surface area (Å²) >= 11 is 1.08. The van der Waals surface area contributed by atoms with Gasteiger partial charge in [-0.05, 0) is 48.6 Å². The van der Waals surface area contributed by atoms with E-state index in [0.29, 0.717) is 16.3 Å². The molecule has 1 N–H and O–H groups in total. The molecule has 0 atom stereocenters. The van der Waals surface area contributed by atoms with Crippen LogP contribution >= 0.6 is 11.5 Å². The zero-order valence-electron chi connectivity index (χ0n) is 13.7. The van der Waals surface area contributed by atoms with Crippen molar-refractivity contribution in [2.24, 2.45) is 0 Å². The molecule has 0 saturated carbocycles. The van der Waals surface area contributed by atoms with Gasteiger partial charge in [-0.1, -0.05) is 34.8 Å². The molecule has 5 nitrogen and oxygen atoms in total. The molecule has 2 aromatic carbocycles. The van der Waals surface area contributed by atoms with Crippen LogP contribution in [0.2, 0.25) is 0 Å². The Kier molecular flexibility index (Phi) is 4.57. The maximum atomic E-state index is 12.7. The summed E-state index contributed by atoms with van der Waals surface area (Å²) in [6.07, 6.45) is 0. The molecule has 0 bridgehead atoms. The van der Waals surface area contributed by atoms with Gasteiger partial charge in [0.1, 0.15) is 16.3 Å². The highest BCUT2D eigenvalue weighted by molar-refractivity contribution is 7.08. The molecule has 0 aliphatic rings. The molecule has 0 aliphatic heterocycles. The minimum Gasteiger partial charge on any atom is -0.497 e. The average Bonchev–Trinajstić information content (AvgIpc) is 3.08. The highest BCUT2D eigenvalue weighted by Gasteiger charge is 2.19. The van der Waals surface area contributed by atoms with Crippen molar-refractivity contribution in [1.82, 2.24) is 9.59 Å². The lowest BCUT2D eigenvalue weighted by Gasteiger charge is -2.11. The number of aromatic nitrogens is 2. The molecule has 24 heavy (non-hydrogen) atoms. The Bertz CT molecular complexity index is 869. The van der Waals surface area contributed by atoms with Crippen molar-refractivity contribution < 1.29 is 9.53 Å². The Labute approximate surface area is 144 Å². The van der Waals surface area contributed by atoms with Crippen LogP contribution in [-0.2, 0) is 0 Å². The first-order chi connectivity index (χ1) is 11.6. The van der Waals surface area contributed by atoms with Gasteiger partial charge < -0.3 is 10.1 Å². The normalized spacial score (nSPS) is 10.5. The number of amides is 1. The zero-order valence-corrected chi connectivity index (χ0v) is 14.5. The standard InChI is InChI=1S/C18H17N3O2S/c1-11-6-4-7-12(2)15(11)19-18(22)17-16(20-21-24-17)13-8-5-9-14(10-13)23-3/h4-10H,1-3H3,(H,19,22). The molecule has 0 fully saturated rings. The summed E-state index contributed by atoms with van der Waals surface area (Å²) in [6, 6.07) is 13.3. The molecule has 1 heterocycles. The fraction of sp³-hybridized carbons (Fsp3) is 0.167. The number of nitrogens with zero attached hydrogens (tertiary/aromatic N) is 2. The number of anilines is 1. The third-order valence-corrected chi connectivity index (χ3v) is 4.48. The number of nitrogens with one attached hydrogen (secondary N) is 1. The van der Waals surface area contributed by atoms with Crippen molar-refractivity contribution in [3.05, 3.63) is 58.5 Å². The summed E-state index contributed by atoms with van der Waals surface area (Å²) in [5, 5.41) is 7.10. The van der Waals surface area contributed by atoms with E-state index in [-0.39, 0.29) is 5.91 Å². The average molecular weight is 339 g/mol. The molecule has 3 aromatic rings. The summed E-state index contributed by atoms with van der Waals surface area (Å²) in [5.41, 5.74) is 4.22. The van der Waals surface area contributed by atoms with Gasteiger partial charge in [-0.3, -0.25) is 4.79 Å². The Balaban J connectivity index is 1.94. The number of hydrogen-bond acceptors (Lipinski definition) is 5. The molecular formula is C18H17N3O2S. The van der Waals surface area contributed by atoms with Gasteiger partial charge in [-0.25, -0.2) is 0 Å². The van der Waals surface area contributed by atoms with Crippen molar-refractivity contribution in [2.75, 3.05) is 12.4 Å². The fourth-order valence-corrected chi connectivity index (χ4v) is 3.06. The number of benzene rings is 2. The summed E-state index contributed by atoms with van der Waals surface area (Å²) in [4.78, 5) is 13.2. The van der Waals surface area contributed by atoms with Crippen LogP contribution in [-0.4, -0.2) is 22.6 Å². The van der Waals surface area contributed by atoms with Gasteiger partial charge in [0.25, 0.3) is 5.91 Å². The van der Waals surface area contributed by atoms with E-state index >= 15 is 0 Å². The lowest BCUT2D eigenvalue weighted by atomic mass is 10.1. The Morgan fingerprint density at radius 3 is 2.54 bits per heavy atom. The topological polar surface area (TPSA) is 64.1 Å². The number of methoxy groups -OCH3 is 1. The maximum absolute atomic E-state index is 12.7. The number of carbonyl (C=O) groups is 1. The van der Waals surface area contributed by atoms with Gasteiger partial charge in [0.2, 0.25) is 0 Å². The van der Waals surface area contributed by atoms with E-state index in [1.807, 2.05) is 56.3 Å². The maximum Gasteiger partial charge on any atom is 0.269 e. The Morgan fingerprint density at radius 1 is 1.12 bits per heavy atom. The summed E-state index contributed by atoms with van der Waals surface area (Å²) in [5.74, 6) is 0.502. The third kappa shape index (κ3) is 3.14. The molecule has 0 radical (unpaired) electrons. The molecule has 0 spiro atoms. The van der Waals surface area contributed by atoms with Crippen molar-refractivity contribution in [1.29, 1.82) is 0 Å². The largest absolute Gasteiger partial charge is 0.497 e. The van der Waals surface area contributed by atoms with Gasteiger partial charge >= 0.3 is 0 Å². The van der Waals surface area contributed by atoms with Gasteiger partial charge in [-0.15, -0.1) is 5.10 Å². The molecule has 1 amide bonds. The molecular weight excluding hydrogens is 322 g/mol. The molecule has 3 rings (SSSR count). The van der Waals surface area contributed by atoms with Crippen molar-refractivity contribution in [3.8, 4) is 17.0 Å². The number of ether oxygens (including phenoxy) is 1. The van der Waals surface area contributed by atoms with Gasteiger partial charge in [0.15, 0.2) is 0 Å². The van der Waals surface area contributed by atoms with E-state index in [4.69, 9.17) is 4.74 Å². The highest BCUT2D eigenvalue weighted by Crippen LogP contribution is 2.28. The first-order valence-electron chi connectivity index (χ1n) is 7.44. The third-order valence-electron chi connectivity index (χ3n) is 3.76. The van der Waals surface area contributed by atoms with Crippen LogP contribution in [0.25, 0.3) is 11.3 Å². The molecule has 1 aromatic heterocycles. The fourth-order valence-electron chi connectivity index (χ4n) is 2.48. The number of para-hydroxylation sites is 1. The Morgan fingerprint density at radius 2 is 1.83 bits per heavy atom. The number of hydrogen-bond donors (Lipinski definition) is 1. The predicted molar refractivity (Wildman–Crippen MR) is 95.8 cm³/mol. The van der Waals surface area contributed by atoms with E-state index in [2.05, 4.69) is 14.9 Å². The van der Waals surface area contributed by atoms with Gasteiger partial charge in [0, 0.05) is 11.3 Å². The van der Waals surface area contributed by atoms with Crippen LogP contribution in [0.1, 0.15) is 20.8 Å². The van der Waals surface area contributed by atoms with Crippen molar-refractivity contribution in [3.63, 3.8) is 0 Å². The zero-order chi connectivity index (χ0) is 17.1.